The predicted molar refractivity (Wildman–Crippen MR) is 53.4 cm³/mol. The summed E-state index contributed by atoms with van der Waals surface area (Å²) in [7, 11) is 0. The van der Waals surface area contributed by atoms with Gasteiger partial charge in [0.05, 0.1) is 5.69 Å². The summed E-state index contributed by atoms with van der Waals surface area (Å²) in [6.45, 7) is 13.7. The maximum absolute atomic E-state index is 5.10. The van der Waals surface area contributed by atoms with Gasteiger partial charge in [-0.15, -0.1) is 0 Å². The van der Waals surface area contributed by atoms with Gasteiger partial charge in [-0.05, 0) is 13.8 Å². The molecule has 1 aromatic heterocycles. The second-order valence-electron chi connectivity index (χ2n) is 1.87. The van der Waals surface area contributed by atoms with Crippen LogP contribution in [0.2, 0.25) is 0 Å². The molecular weight excluding hydrogens is 150 g/mol. The van der Waals surface area contributed by atoms with Crippen LogP contribution in [0.1, 0.15) is 45.0 Å². The topological polar surface area (TPSA) is 26.0 Å². The Balaban J connectivity index is 0. The highest BCUT2D eigenvalue weighted by Gasteiger charge is 1.97. The monoisotopic (exact) mass is 171 g/mol. The summed E-state index contributed by atoms with van der Waals surface area (Å²) >= 11 is 0. The van der Waals surface area contributed by atoms with E-state index in [0.29, 0.717) is 0 Å². The van der Waals surface area contributed by atoms with Crippen molar-refractivity contribution in [1.29, 1.82) is 0 Å². The van der Waals surface area contributed by atoms with Crippen molar-refractivity contribution in [3.05, 3.63) is 17.3 Å². The van der Waals surface area contributed by atoms with Gasteiger partial charge in [-0.25, -0.2) is 4.98 Å². The molecular formula is C10H21NO. The summed E-state index contributed by atoms with van der Waals surface area (Å²) < 4.78 is 5.10. The summed E-state index contributed by atoms with van der Waals surface area (Å²) in [5.74, 6) is 1.67. The molecule has 0 saturated carbocycles. The fourth-order valence-electron chi connectivity index (χ4n) is 0.633. The lowest BCUT2D eigenvalue weighted by Gasteiger charge is -1.77. The highest BCUT2D eigenvalue weighted by molar-refractivity contribution is 5.03. The van der Waals surface area contributed by atoms with Gasteiger partial charge in [0.15, 0.2) is 5.89 Å². The fraction of sp³-hybridized carbons (Fsp3) is 0.700. The van der Waals surface area contributed by atoms with Crippen LogP contribution in [0.5, 0.6) is 0 Å². The van der Waals surface area contributed by atoms with Crippen molar-refractivity contribution in [2.24, 2.45) is 0 Å². The first-order chi connectivity index (χ1) is 5.70. The van der Waals surface area contributed by atoms with E-state index in [1.807, 2.05) is 48.5 Å². The Morgan fingerprint density at radius 2 is 1.33 bits per heavy atom. The predicted octanol–water partition coefficient (Wildman–Crippen LogP) is 3.65. The molecule has 0 aromatic carbocycles. The van der Waals surface area contributed by atoms with Crippen molar-refractivity contribution in [2.45, 2.75) is 48.5 Å². The average Bonchev–Trinajstić information content (AvgIpc) is 2.37. The number of oxazole rings is 1. The summed E-state index contributed by atoms with van der Waals surface area (Å²) in [4.78, 5) is 4.04. The Labute approximate surface area is 76.0 Å². The van der Waals surface area contributed by atoms with Gasteiger partial charge in [0, 0.05) is 6.92 Å². The molecule has 0 N–H and O–H groups in total. The smallest absolute Gasteiger partial charge is 0.191 e. The van der Waals surface area contributed by atoms with E-state index in [-0.39, 0.29) is 0 Å². The van der Waals surface area contributed by atoms with E-state index in [0.717, 1.165) is 17.3 Å². The van der Waals surface area contributed by atoms with Gasteiger partial charge in [-0.3, -0.25) is 0 Å². The molecule has 0 radical (unpaired) electrons. The van der Waals surface area contributed by atoms with Crippen LogP contribution < -0.4 is 0 Å². The van der Waals surface area contributed by atoms with E-state index < -0.39 is 0 Å². The Kier molecular flexibility index (Phi) is 9.54. The molecule has 0 atom stereocenters. The molecule has 72 valence electrons. The Morgan fingerprint density at radius 1 is 0.917 bits per heavy atom. The summed E-state index contributed by atoms with van der Waals surface area (Å²) in [5, 5.41) is 0. The van der Waals surface area contributed by atoms with Gasteiger partial charge in [-0.1, -0.05) is 27.7 Å². The SMILES string of the molecule is CC.CC.Cc1nc(C)c(C)o1. The number of hydrogen-bond donors (Lipinski definition) is 0. The van der Waals surface area contributed by atoms with E-state index in [9.17, 15) is 0 Å². The lowest BCUT2D eigenvalue weighted by Crippen LogP contribution is -1.71. The van der Waals surface area contributed by atoms with Gasteiger partial charge in [0.2, 0.25) is 0 Å². The molecule has 1 aromatic rings. The van der Waals surface area contributed by atoms with E-state index >= 15 is 0 Å². The minimum absolute atomic E-state index is 0.750. The van der Waals surface area contributed by atoms with E-state index in [1.54, 1.807) is 0 Å². The second-order valence-corrected chi connectivity index (χ2v) is 1.87. The summed E-state index contributed by atoms with van der Waals surface area (Å²) in [6, 6.07) is 0. The van der Waals surface area contributed by atoms with E-state index in [2.05, 4.69) is 4.98 Å². The number of aromatic nitrogens is 1. The molecule has 0 fully saturated rings. The quantitative estimate of drug-likeness (QED) is 0.595. The molecule has 0 aliphatic rings. The van der Waals surface area contributed by atoms with Crippen molar-refractivity contribution in [1.82, 2.24) is 4.98 Å². The molecule has 0 bridgehead atoms. The minimum atomic E-state index is 0.750. The standard InChI is InChI=1S/C6H9NO.2C2H6/c1-4-5(2)8-6(3)7-4;2*1-2/h1-3H3;2*1-2H3. The zero-order valence-corrected chi connectivity index (χ0v) is 9.36. The zero-order chi connectivity index (χ0) is 10.1. The van der Waals surface area contributed by atoms with Gasteiger partial charge < -0.3 is 4.42 Å². The maximum atomic E-state index is 5.10. The van der Waals surface area contributed by atoms with Crippen LogP contribution in [-0.2, 0) is 0 Å². The number of rotatable bonds is 0. The zero-order valence-electron chi connectivity index (χ0n) is 9.36. The number of nitrogens with zero attached hydrogens (tertiary/aromatic N) is 1. The third-order valence-electron chi connectivity index (χ3n) is 1.14. The first-order valence-electron chi connectivity index (χ1n) is 4.61. The van der Waals surface area contributed by atoms with Crippen molar-refractivity contribution in [2.75, 3.05) is 0 Å². The summed E-state index contributed by atoms with van der Waals surface area (Å²) in [5.41, 5.74) is 0.988. The first kappa shape index (κ1) is 13.8. The molecule has 1 rings (SSSR count). The van der Waals surface area contributed by atoms with E-state index in [1.165, 1.54) is 0 Å². The highest BCUT2D eigenvalue weighted by atomic mass is 16.4. The lowest BCUT2D eigenvalue weighted by molar-refractivity contribution is 0.493. The van der Waals surface area contributed by atoms with Crippen molar-refractivity contribution in [3.63, 3.8) is 0 Å². The van der Waals surface area contributed by atoms with Crippen molar-refractivity contribution < 1.29 is 4.42 Å². The second kappa shape index (κ2) is 8.31. The van der Waals surface area contributed by atoms with Crippen LogP contribution in [0.25, 0.3) is 0 Å². The Hall–Kier alpha value is -0.790. The van der Waals surface area contributed by atoms with Crippen LogP contribution >= 0.6 is 0 Å². The lowest BCUT2D eigenvalue weighted by atomic mass is 10.4. The molecule has 0 unspecified atom stereocenters. The molecule has 0 saturated heterocycles. The Bertz CT molecular complexity index is 172. The van der Waals surface area contributed by atoms with Crippen LogP contribution in [0.15, 0.2) is 4.42 Å². The molecule has 0 aliphatic carbocycles. The van der Waals surface area contributed by atoms with Crippen LogP contribution in [0, 0.1) is 20.8 Å². The number of hydrogen-bond acceptors (Lipinski definition) is 2. The van der Waals surface area contributed by atoms with Gasteiger partial charge in [0.25, 0.3) is 0 Å². The minimum Gasteiger partial charge on any atom is -0.446 e. The number of aryl methyl sites for hydroxylation is 3. The highest BCUT2D eigenvalue weighted by Crippen LogP contribution is 2.05. The maximum Gasteiger partial charge on any atom is 0.191 e. The molecule has 2 heteroatoms. The van der Waals surface area contributed by atoms with E-state index in [4.69, 9.17) is 4.42 Å². The van der Waals surface area contributed by atoms with Crippen molar-refractivity contribution >= 4 is 0 Å². The molecule has 0 amide bonds. The molecule has 12 heavy (non-hydrogen) atoms. The fourth-order valence-corrected chi connectivity index (χ4v) is 0.633. The first-order valence-corrected chi connectivity index (χ1v) is 4.61. The normalized spacial score (nSPS) is 7.58. The van der Waals surface area contributed by atoms with Crippen LogP contribution in [-0.4, -0.2) is 4.98 Å². The Morgan fingerprint density at radius 3 is 1.42 bits per heavy atom. The molecule has 2 nitrogen and oxygen atoms in total. The van der Waals surface area contributed by atoms with Gasteiger partial charge >= 0.3 is 0 Å². The summed E-state index contributed by atoms with van der Waals surface area (Å²) in [6.07, 6.45) is 0. The largest absolute Gasteiger partial charge is 0.446 e. The molecule has 0 aliphatic heterocycles. The molecule has 1 heterocycles. The molecule has 0 spiro atoms. The van der Waals surface area contributed by atoms with Crippen molar-refractivity contribution in [3.8, 4) is 0 Å². The van der Waals surface area contributed by atoms with Crippen LogP contribution in [0.3, 0.4) is 0 Å². The average molecular weight is 171 g/mol. The van der Waals surface area contributed by atoms with Gasteiger partial charge in [-0.2, -0.15) is 0 Å². The third kappa shape index (κ3) is 4.94. The van der Waals surface area contributed by atoms with Gasteiger partial charge in [0.1, 0.15) is 5.76 Å². The third-order valence-corrected chi connectivity index (χ3v) is 1.14. The van der Waals surface area contributed by atoms with Crippen LogP contribution in [0.4, 0.5) is 0 Å².